The second-order valence-corrected chi connectivity index (χ2v) is 6.16. The second-order valence-electron chi connectivity index (χ2n) is 6.16. The van der Waals surface area contributed by atoms with E-state index in [1.165, 1.54) is 0 Å². The number of hydrogen-bond acceptors (Lipinski definition) is 7. The van der Waals surface area contributed by atoms with Crippen molar-refractivity contribution in [3.05, 3.63) is 36.8 Å². The van der Waals surface area contributed by atoms with Crippen molar-refractivity contribution in [2.75, 3.05) is 24.5 Å². The number of hydrogen-bond donors (Lipinski definition) is 3. The third-order valence-corrected chi connectivity index (χ3v) is 4.31. The normalized spacial score (nSPS) is 17.6. The summed E-state index contributed by atoms with van der Waals surface area (Å²) >= 11 is 0. The molecular weight excluding hydrogens is 318 g/mol. The lowest BCUT2D eigenvalue weighted by Gasteiger charge is -2.31. The van der Waals surface area contributed by atoms with Gasteiger partial charge in [-0.1, -0.05) is 6.07 Å². The van der Waals surface area contributed by atoms with E-state index in [1.54, 1.807) is 24.7 Å². The molecule has 8 heteroatoms. The van der Waals surface area contributed by atoms with Crippen LogP contribution >= 0.6 is 0 Å². The summed E-state index contributed by atoms with van der Waals surface area (Å²) in [4.78, 5) is 6.54. The Morgan fingerprint density at radius 3 is 2.80 bits per heavy atom. The van der Waals surface area contributed by atoms with Gasteiger partial charge >= 0.3 is 0 Å². The molecule has 1 atom stereocenters. The van der Waals surface area contributed by atoms with Gasteiger partial charge in [-0.3, -0.25) is 5.10 Å². The maximum absolute atomic E-state index is 10.4. The number of aromatic hydroxyl groups is 1. The molecule has 1 aliphatic heterocycles. The van der Waals surface area contributed by atoms with Crippen molar-refractivity contribution in [2.45, 2.75) is 13.0 Å². The Morgan fingerprint density at radius 1 is 1.20 bits per heavy atom. The molecule has 1 aromatic carbocycles. The molecule has 1 aliphatic rings. The molecule has 2 aromatic heterocycles. The summed E-state index contributed by atoms with van der Waals surface area (Å²) < 4.78 is 0. The standard InChI is InChI=1S/C17H19N7O/c1-11-10-24(5-4-18-11)17-19-9-15(22-23-17)14-3-2-12(6-16(14)25)13-7-20-21-8-13/h2-3,6-9,11,18,25H,4-5,10H2,1H3,(H,20,21). The minimum Gasteiger partial charge on any atom is -0.507 e. The number of H-pyrrole nitrogens is 1. The van der Waals surface area contributed by atoms with Crippen LogP contribution in [0.2, 0.25) is 0 Å². The van der Waals surface area contributed by atoms with Crippen molar-refractivity contribution in [3.63, 3.8) is 0 Å². The van der Waals surface area contributed by atoms with Crippen molar-refractivity contribution in [2.24, 2.45) is 0 Å². The molecule has 8 nitrogen and oxygen atoms in total. The van der Waals surface area contributed by atoms with Crippen LogP contribution in [0.3, 0.4) is 0 Å². The molecule has 25 heavy (non-hydrogen) atoms. The van der Waals surface area contributed by atoms with Crippen molar-refractivity contribution in [1.29, 1.82) is 0 Å². The van der Waals surface area contributed by atoms with Gasteiger partial charge in [0.1, 0.15) is 11.4 Å². The Morgan fingerprint density at radius 2 is 2.12 bits per heavy atom. The molecule has 1 fully saturated rings. The number of benzene rings is 1. The molecule has 0 amide bonds. The average molecular weight is 337 g/mol. The van der Waals surface area contributed by atoms with Crippen molar-refractivity contribution in [1.82, 2.24) is 30.7 Å². The Kier molecular flexibility index (Phi) is 4.02. The third-order valence-electron chi connectivity index (χ3n) is 4.31. The maximum atomic E-state index is 10.4. The zero-order valence-electron chi connectivity index (χ0n) is 13.8. The smallest absolute Gasteiger partial charge is 0.245 e. The molecule has 3 aromatic rings. The lowest BCUT2D eigenvalue weighted by Crippen LogP contribution is -2.49. The fourth-order valence-electron chi connectivity index (χ4n) is 2.99. The van der Waals surface area contributed by atoms with E-state index >= 15 is 0 Å². The summed E-state index contributed by atoms with van der Waals surface area (Å²) in [6.45, 7) is 4.75. The zero-order chi connectivity index (χ0) is 17.2. The molecule has 3 N–H and O–H groups in total. The minimum absolute atomic E-state index is 0.137. The van der Waals surface area contributed by atoms with E-state index in [0.717, 1.165) is 30.8 Å². The highest BCUT2D eigenvalue weighted by Gasteiger charge is 2.18. The zero-order valence-corrected chi connectivity index (χ0v) is 13.8. The summed E-state index contributed by atoms with van der Waals surface area (Å²) in [6, 6.07) is 5.81. The molecule has 128 valence electrons. The van der Waals surface area contributed by atoms with Crippen LogP contribution in [0.25, 0.3) is 22.4 Å². The van der Waals surface area contributed by atoms with Gasteiger partial charge in [-0.25, -0.2) is 4.98 Å². The van der Waals surface area contributed by atoms with E-state index in [2.05, 4.69) is 42.5 Å². The molecule has 0 saturated carbocycles. The molecule has 0 aliphatic carbocycles. The number of nitrogens with zero attached hydrogens (tertiary/aromatic N) is 5. The number of rotatable bonds is 3. The topological polar surface area (TPSA) is 103 Å². The maximum Gasteiger partial charge on any atom is 0.245 e. The lowest BCUT2D eigenvalue weighted by atomic mass is 10.0. The molecule has 4 rings (SSSR count). The Hall–Kier alpha value is -3.00. The quantitative estimate of drug-likeness (QED) is 0.664. The SMILES string of the molecule is CC1CN(c2ncc(-c3ccc(-c4cn[nH]c4)cc3O)nn2)CCN1. The number of phenolic OH excluding ortho intramolecular Hbond substituents is 1. The van der Waals surface area contributed by atoms with Crippen LogP contribution in [0.4, 0.5) is 5.95 Å². The molecule has 1 unspecified atom stereocenters. The van der Waals surface area contributed by atoms with Gasteiger partial charge in [-0.15, -0.1) is 10.2 Å². The summed E-state index contributed by atoms with van der Waals surface area (Å²) in [5.74, 6) is 0.755. The van der Waals surface area contributed by atoms with Crippen molar-refractivity contribution >= 4 is 5.95 Å². The predicted octanol–water partition coefficient (Wildman–Crippen LogP) is 1.43. The Balaban J connectivity index is 1.57. The molecule has 1 saturated heterocycles. The third kappa shape index (κ3) is 3.16. The fourth-order valence-corrected chi connectivity index (χ4v) is 2.99. The van der Waals surface area contributed by atoms with E-state index in [-0.39, 0.29) is 5.75 Å². The lowest BCUT2D eigenvalue weighted by molar-refractivity contribution is 0.476. The highest BCUT2D eigenvalue weighted by Crippen LogP contribution is 2.31. The minimum atomic E-state index is 0.137. The first-order valence-electron chi connectivity index (χ1n) is 8.21. The first-order valence-corrected chi connectivity index (χ1v) is 8.21. The van der Waals surface area contributed by atoms with Crippen LogP contribution in [-0.2, 0) is 0 Å². The monoisotopic (exact) mass is 337 g/mol. The molecule has 0 bridgehead atoms. The Bertz CT molecular complexity index is 848. The van der Waals surface area contributed by atoms with Crippen LogP contribution in [0.1, 0.15) is 6.92 Å². The van der Waals surface area contributed by atoms with Gasteiger partial charge in [0.15, 0.2) is 0 Å². The number of nitrogens with one attached hydrogen (secondary N) is 2. The molecule has 0 radical (unpaired) electrons. The summed E-state index contributed by atoms with van der Waals surface area (Å²) in [5, 5.41) is 28.9. The van der Waals surface area contributed by atoms with Crippen molar-refractivity contribution < 1.29 is 5.11 Å². The number of aromatic nitrogens is 5. The van der Waals surface area contributed by atoms with Crippen LogP contribution in [0.15, 0.2) is 36.8 Å². The van der Waals surface area contributed by atoms with Gasteiger partial charge in [0.2, 0.25) is 5.95 Å². The van der Waals surface area contributed by atoms with E-state index < -0.39 is 0 Å². The highest BCUT2D eigenvalue weighted by molar-refractivity contribution is 5.73. The van der Waals surface area contributed by atoms with Crippen LogP contribution in [0.5, 0.6) is 5.75 Å². The van der Waals surface area contributed by atoms with Gasteiger partial charge in [0, 0.05) is 43.0 Å². The number of anilines is 1. The van der Waals surface area contributed by atoms with Crippen LogP contribution in [-0.4, -0.2) is 56.2 Å². The molecule has 0 spiro atoms. The number of piperazine rings is 1. The Labute approximate surface area is 144 Å². The van der Waals surface area contributed by atoms with Gasteiger partial charge in [-0.2, -0.15) is 5.10 Å². The first kappa shape index (κ1) is 15.5. The number of phenols is 1. The van der Waals surface area contributed by atoms with Gasteiger partial charge in [-0.05, 0) is 24.6 Å². The first-order chi connectivity index (χ1) is 12.2. The van der Waals surface area contributed by atoms with E-state index in [0.29, 0.717) is 23.2 Å². The van der Waals surface area contributed by atoms with Gasteiger partial charge in [0.05, 0.1) is 12.4 Å². The van der Waals surface area contributed by atoms with E-state index in [9.17, 15) is 5.11 Å². The summed E-state index contributed by atoms with van der Waals surface area (Å²) in [7, 11) is 0. The average Bonchev–Trinajstić information content (AvgIpc) is 3.17. The van der Waals surface area contributed by atoms with E-state index in [1.807, 2.05) is 12.1 Å². The van der Waals surface area contributed by atoms with Crippen molar-refractivity contribution in [3.8, 4) is 28.1 Å². The highest BCUT2D eigenvalue weighted by atomic mass is 16.3. The molecule has 3 heterocycles. The summed E-state index contributed by atoms with van der Waals surface area (Å²) in [5.41, 5.74) is 2.94. The largest absolute Gasteiger partial charge is 0.507 e. The second kappa shape index (κ2) is 6.48. The van der Waals surface area contributed by atoms with Crippen LogP contribution < -0.4 is 10.2 Å². The van der Waals surface area contributed by atoms with Crippen LogP contribution in [0, 0.1) is 0 Å². The fraction of sp³-hybridized carbons (Fsp3) is 0.294. The summed E-state index contributed by atoms with van der Waals surface area (Å²) in [6.07, 6.45) is 5.14. The number of aromatic amines is 1. The van der Waals surface area contributed by atoms with Gasteiger partial charge < -0.3 is 15.3 Å². The van der Waals surface area contributed by atoms with E-state index in [4.69, 9.17) is 0 Å². The predicted molar refractivity (Wildman–Crippen MR) is 94.2 cm³/mol. The molecular formula is C17H19N7O. The van der Waals surface area contributed by atoms with Gasteiger partial charge in [0.25, 0.3) is 0 Å².